The van der Waals surface area contributed by atoms with Gasteiger partial charge in [-0.1, -0.05) is 31.2 Å². The van der Waals surface area contributed by atoms with E-state index in [9.17, 15) is 0 Å². The Balaban J connectivity index is 2.02. The van der Waals surface area contributed by atoms with E-state index in [1.165, 1.54) is 30.4 Å². The number of hydrogen-bond donors (Lipinski definition) is 0. The van der Waals surface area contributed by atoms with Crippen LogP contribution >= 0.6 is 0 Å². The molecule has 3 atom stereocenters. The van der Waals surface area contributed by atoms with Gasteiger partial charge >= 0.3 is 0 Å². The molecule has 1 saturated heterocycles. The summed E-state index contributed by atoms with van der Waals surface area (Å²) in [5.41, 5.74) is 2.97. The molecule has 17 heavy (non-hydrogen) atoms. The summed E-state index contributed by atoms with van der Waals surface area (Å²) in [6.07, 6.45) is 4.03. The van der Waals surface area contributed by atoms with Gasteiger partial charge in [-0.2, -0.15) is 0 Å². The van der Waals surface area contributed by atoms with E-state index in [0.29, 0.717) is 5.92 Å². The van der Waals surface area contributed by atoms with Crippen LogP contribution in [0.4, 0.5) is 0 Å². The normalized spacial score (nSPS) is 27.3. The number of nitrogens with zero attached hydrogens (tertiary/aromatic N) is 1. The molecule has 1 heterocycles. The zero-order valence-electron chi connectivity index (χ0n) is 11.6. The standard InChI is InChI=1S/C16H25N/c1-12-7-5-6-8-16(12)13(2)11-15-10-9-14(3)17(15)4/h5-8,13-15H,9-11H2,1-4H3. The second-order valence-electron chi connectivity index (χ2n) is 5.74. The number of rotatable bonds is 3. The first-order valence-corrected chi connectivity index (χ1v) is 6.87. The molecule has 0 aliphatic carbocycles. The molecule has 0 bridgehead atoms. The minimum Gasteiger partial charge on any atom is -0.301 e. The maximum Gasteiger partial charge on any atom is 0.0101 e. The molecule has 0 N–H and O–H groups in total. The molecule has 1 aromatic carbocycles. The molecule has 1 aliphatic heterocycles. The Bertz CT molecular complexity index is 372. The number of likely N-dealkylation sites (tertiary alicyclic amines) is 1. The zero-order valence-corrected chi connectivity index (χ0v) is 11.6. The fraction of sp³-hybridized carbons (Fsp3) is 0.625. The summed E-state index contributed by atoms with van der Waals surface area (Å²) >= 11 is 0. The van der Waals surface area contributed by atoms with Crippen LogP contribution in [0.2, 0.25) is 0 Å². The highest BCUT2D eigenvalue weighted by molar-refractivity contribution is 5.28. The van der Waals surface area contributed by atoms with E-state index in [1.54, 1.807) is 0 Å². The molecule has 1 aromatic rings. The van der Waals surface area contributed by atoms with Crippen LogP contribution in [0.5, 0.6) is 0 Å². The van der Waals surface area contributed by atoms with Crippen LogP contribution in [0.15, 0.2) is 24.3 Å². The highest BCUT2D eigenvalue weighted by Crippen LogP contribution is 2.31. The van der Waals surface area contributed by atoms with Gasteiger partial charge in [0.25, 0.3) is 0 Å². The minimum absolute atomic E-state index is 0.675. The van der Waals surface area contributed by atoms with Gasteiger partial charge < -0.3 is 4.90 Å². The molecule has 0 saturated carbocycles. The lowest BCUT2D eigenvalue weighted by atomic mass is 9.90. The Kier molecular flexibility index (Phi) is 3.88. The quantitative estimate of drug-likeness (QED) is 0.761. The summed E-state index contributed by atoms with van der Waals surface area (Å²) in [6, 6.07) is 10.4. The lowest BCUT2D eigenvalue weighted by Crippen LogP contribution is -2.31. The Morgan fingerprint density at radius 2 is 2.00 bits per heavy atom. The minimum atomic E-state index is 0.675. The summed E-state index contributed by atoms with van der Waals surface area (Å²) in [4.78, 5) is 2.56. The lowest BCUT2D eigenvalue weighted by molar-refractivity contribution is 0.235. The fourth-order valence-electron chi connectivity index (χ4n) is 3.16. The second-order valence-corrected chi connectivity index (χ2v) is 5.74. The van der Waals surface area contributed by atoms with Crippen LogP contribution in [0.1, 0.15) is 50.2 Å². The van der Waals surface area contributed by atoms with Gasteiger partial charge in [-0.25, -0.2) is 0 Å². The number of benzene rings is 1. The van der Waals surface area contributed by atoms with E-state index < -0.39 is 0 Å². The summed E-state index contributed by atoms with van der Waals surface area (Å²) < 4.78 is 0. The van der Waals surface area contributed by atoms with Crippen LogP contribution in [-0.4, -0.2) is 24.0 Å². The molecule has 0 radical (unpaired) electrons. The molecule has 1 heteroatoms. The monoisotopic (exact) mass is 231 g/mol. The first-order valence-electron chi connectivity index (χ1n) is 6.87. The summed E-state index contributed by atoms with van der Waals surface area (Å²) in [6.45, 7) is 6.95. The molecule has 3 unspecified atom stereocenters. The molecule has 1 fully saturated rings. The molecule has 1 aliphatic rings. The Morgan fingerprint density at radius 1 is 1.29 bits per heavy atom. The summed E-state index contributed by atoms with van der Waals surface area (Å²) in [5, 5.41) is 0. The highest BCUT2D eigenvalue weighted by Gasteiger charge is 2.28. The zero-order chi connectivity index (χ0) is 12.4. The van der Waals surface area contributed by atoms with Gasteiger partial charge in [0.15, 0.2) is 0 Å². The third-order valence-corrected chi connectivity index (χ3v) is 4.53. The van der Waals surface area contributed by atoms with Gasteiger partial charge in [0.1, 0.15) is 0 Å². The van der Waals surface area contributed by atoms with E-state index in [4.69, 9.17) is 0 Å². The van der Waals surface area contributed by atoms with Crippen molar-refractivity contribution < 1.29 is 0 Å². The van der Waals surface area contributed by atoms with Crippen molar-refractivity contribution in [2.24, 2.45) is 0 Å². The Labute approximate surface area is 106 Å². The van der Waals surface area contributed by atoms with Crippen LogP contribution in [0, 0.1) is 6.92 Å². The molecule has 0 spiro atoms. The molecule has 0 amide bonds. The number of hydrogen-bond acceptors (Lipinski definition) is 1. The van der Waals surface area contributed by atoms with Gasteiger partial charge in [0.05, 0.1) is 0 Å². The first-order chi connectivity index (χ1) is 8.09. The molecular formula is C16H25N. The van der Waals surface area contributed by atoms with Gasteiger partial charge in [0.2, 0.25) is 0 Å². The molecule has 94 valence electrons. The third-order valence-electron chi connectivity index (χ3n) is 4.53. The maximum atomic E-state index is 2.56. The fourth-order valence-corrected chi connectivity index (χ4v) is 3.16. The summed E-state index contributed by atoms with van der Waals surface area (Å²) in [7, 11) is 2.28. The highest BCUT2D eigenvalue weighted by atomic mass is 15.2. The van der Waals surface area contributed by atoms with E-state index in [-0.39, 0.29) is 0 Å². The average Bonchev–Trinajstić information content (AvgIpc) is 2.61. The average molecular weight is 231 g/mol. The van der Waals surface area contributed by atoms with Crippen molar-refractivity contribution in [3.8, 4) is 0 Å². The van der Waals surface area contributed by atoms with Gasteiger partial charge in [-0.15, -0.1) is 0 Å². The predicted molar refractivity (Wildman–Crippen MR) is 74.5 cm³/mol. The molecule has 2 rings (SSSR count). The van der Waals surface area contributed by atoms with Gasteiger partial charge in [-0.05, 0) is 57.2 Å². The van der Waals surface area contributed by atoms with Crippen LogP contribution < -0.4 is 0 Å². The van der Waals surface area contributed by atoms with Gasteiger partial charge in [-0.3, -0.25) is 0 Å². The summed E-state index contributed by atoms with van der Waals surface area (Å²) in [5.74, 6) is 0.675. The Morgan fingerprint density at radius 3 is 2.59 bits per heavy atom. The predicted octanol–water partition coefficient (Wildman–Crippen LogP) is 3.97. The second kappa shape index (κ2) is 5.22. The van der Waals surface area contributed by atoms with Crippen molar-refractivity contribution in [1.82, 2.24) is 4.90 Å². The smallest absolute Gasteiger partial charge is 0.0101 e. The van der Waals surface area contributed by atoms with E-state index >= 15 is 0 Å². The topological polar surface area (TPSA) is 3.24 Å². The SMILES string of the molecule is Cc1ccccc1C(C)CC1CCC(C)N1C. The number of aryl methyl sites for hydroxylation is 1. The van der Waals surface area contributed by atoms with Gasteiger partial charge in [0, 0.05) is 12.1 Å². The van der Waals surface area contributed by atoms with Crippen molar-refractivity contribution in [3.05, 3.63) is 35.4 Å². The van der Waals surface area contributed by atoms with Crippen molar-refractivity contribution in [3.63, 3.8) is 0 Å². The molecule has 0 aromatic heterocycles. The first kappa shape index (κ1) is 12.6. The third kappa shape index (κ3) is 2.71. The van der Waals surface area contributed by atoms with Crippen molar-refractivity contribution in [1.29, 1.82) is 0 Å². The van der Waals surface area contributed by atoms with Crippen LogP contribution in [0.3, 0.4) is 0 Å². The largest absolute Gasteiger partial charge is 0.301 e. The van der Waals surface area contributed by atoms with Crippen LogP contribution in [-0.2, 0) is 0 Å². The van der Waals surface area contributed by atoms with Crippen LogP contribution in [0.25, 0.3) is 0 Å². The molecular weight excluding hydrogens is 206 g/mol. The van der Waals surface area contributed by atoms with Crippen molar-refractivity contribution >= 4 is 0 Å². The van der Waals surface area contributed by atoms with Crippen molar-refractivity contribution in [2.75, 3.05) is 7.05 Å². The molecule has 1 nitrogen and oxygen atoms in total. The van der Waals surface area contributed by atoms with E-state index in [0.717, 1.165) is 12.1 Å². The van der Waals surface area contributed by atoms with E-state index in [1.807, 2.05) is 0 Å². The van der Waals surface area contributed by atoms with E-state index in [2.05, 4.69) is 57.0 Å². The Hall–Kier alpha value is -0.820. The van der Waals surface area contributed by atoms with Crippen molar-refractivity contribution in [2.45, 2.75) is 58.0 Å². The lowest BCUT2D eigenvalue weighted by Gasteiger charge is -2.26. The maximum absolute atomic E-state index is 2.56.